The number of carbonyl (C=O) groups excluding carboxylic acids is 1. The monoisotopic (exact) mass is 293 g/mol. The molecule has 20 heavy (non-hydrogen) atoms. The van der Waals surface area contributed by atoms with Gasteiger partial charge in [0.1, 0.15) is 0 Å². The summed E-state index contributed by atoms with van der Waals surface area (Å²) in [4.78, 5) is 14.9. The highest BCUT2D eigenvalue weighted by atomic mass is 35.5. The van der Waals surface area contributed by atoms with Crippen molar-refractivity contribution in [3.05, 3.63) is 35.9 Å². The second kappa shape index (κ2) is 7.12. The number of carbonyl (C=O) groups is 1. The zero-order valence-corrected chi connectivity index (χ0v) is 13.1. The minimum absolute atomic E-state index is 0.0203. The minimum atomic E-state index is -0.0203. The number of likely N-dealkylation sites (tertiary alicyclic amines) is 1. The van der Waals surface area contributed by atoms with E-state index in [0.717, 1.165) is 37.9 Å². The number of hydrogen-bond donors (Lipinski definition) is 0. The largest absolute Gasteiger partial charge is 0.342 e. The zero-order valence-electron chi connectivity index (χ0n) is 12.4. The van der Waals surface area contributed by atoms with Gasteiger partial charge in [-0.2, -0.15) is 0 Å². The molecule has 2 unspecified atom stereocenters. The summed E-state index contributed by atoms with van der Waals surface area (Å²) < 4.78 is 0. The Kier molecular flexibility index (Phi) is 5.47. The Hall–Kier alpha value is -1.02. The molecular weight excluding hydrogens is 270 g/mol. The lowest BCUT2D eigenvalue weighted by Crippen LogP contribution is -2.42. The van der Waals surface area contributed by atoms with Crippen LogP contribution in [-0.4, -0.2) is 29.3 Å². The number of piperidine rings is 1. The maximum Gasteiger partial charge on any atom is 0.230 e. The van der Waals surface area contributed by atoms with Crippen LogP contribution in [0.5, 0.6) is 0 Å². The molecule has 2 rings (SSSR count). The van der Waals surface area contributed by atoms with Gasteiger partial charge in [-0.3, -0.25) is 4.79 Å². The maximum absolute atomic E-state index is 12.9. The van der Waals surface area contributed by atoms with Gasteiger partial charge >= 0.3 is 0 Å². The Balaban J connectivity index is 2.17. The van der Waals surface area contributed by atoms with Crippen LogP contribution in [-0.2, 0) is 4.79 Å². The molecule has 2 atom stereocenters. The van der Waals surface area contributed by atoms with E-state index in [9.17, 15) is 4.79 Å². The third-order valence-corrected chi connectivity index (χ3v) is 4.81. The highest BCUT2D eigenvalue weighted by molar-refractivity contribution is 6.20. The number of benzene rings is 1. The lowest BCUT2D eigenvalue weighted by molar-refractivity contribution is -0.134. The molecule has 2 nitrogen and oxygen atoms in total. The predicted octanol–water partition coefficient (Wildman–Crippen LogP) is 4.05. The van der Waals surface area contributed by atoms with Gasteiger partial charge in [0.15, 0.2) is 0 Å². The van der Waals surface area contributed by atoms with E-state index >= 15 is 0 Å². The summed E-state index contributed by atoms with van der Waals surface area (Å²) in [6.45, 7) is 5.92. The average molecular weight is 294 g/mol. The highest BCUT2D eigenvalue weighted by Gasteiger charge is 2.31. The first-order valence-corrected chi connectivity index (χ1v) is 8.05. The molecule has 1 fully saturated rings. The molecule has 1 aliphatic heterocycles. The van der Waals surface area contributed by atoms with Crippen molar-refractivity contribution in [2.75, 3.05) is 13.1 Å². The van der Waals surface area contributed by atoms with Crippen LogP contribution in [0.25, 0.3) is 0 Å². The summed E-state index contributed by atoms with van der Waals surface area (Å²) in [5.41, 5.74) is 1.14. The van der Waals surface area contributed by atoms with Crippen molar-refractivity contribution in [3.8, 4) is 0 Å². The van der Waals surface area contributed by atoms with Crippen LogP contribution < -0.4 is 0 Å². The van der Waals surface area contributed by atoms with E-state index in [1.807, 2.05) is 23.1 Å². The molecule has 1 aromatic carbocycles. The minimum Gasteiger partial charge on any atom is -0.342 e. The topological polar surface area (TPSA) is 20.3 Å². The molecule has 1 amide bonds. The van der Waals surface area contributed by atoms with Crippen LogP contribution in [0.4, 0.5) is 0 Å². The van der Waals surface area contributed by atoms with E-state index in [2.05, 4.69) is 26.0 Å². The summed E-state index contributed by atoms with van der Waals surface area (Å²) in [7, 11) is 0. The maximum atomic E-state index is 12.9. The number of nitrogens with zero attached hydrogens (tertiary/aromatic N) is 1. The van der Waals surface area contributed by atoms with Gasteiger partial charge in [-0.05, 0) is 24.3 Å². The quantitative estimate of drug-likeness (QED) is 0.767. The van der Waals surface area contributed by atoms with Crippen molar-refractivity contribution in [1.82, 2.24) is 4.90 Å². The van der Waals surface area contributed by atoms with Gasteiger partial charge in [0.25, 0.3) is 0 Å². The van der Waals surface area contributed by atoms with Crippen molar-refractivity contribution in [1.29, 1.82) is 0 Å². The number of amides is 1. The van der Waals surface area contributed by atoms with Crippen molar-refractivity contribution < 1.29 is 4.79 Å². The molecule has 110 valence electrons. The van der Waals surface area contributed by atoms with Crippen LogP contribution in [0.1, 0.15) is 44.6 Å². The van der Waals surface area contributed by atoms with E-state index in [4.69, 9.17) is 11.6 Å². The van der Waals surface area contributed by atoms with Gasteiger partial charge in [0, 0.05) is 18.5 Å². The normalized spacial score (nSPS) is 19.6. The Morgan fingerprint density at radius 2 is 1.90 bits per heavy atom. The summed E-state index contributed by atoms with van der Waals surface area (Å²) >= 11 is 6.14. The lowest BCUT2D eigenvalue weighted by atomic mass is 9.84. The third-order valence-electron chi connectivity index (χ3n) is 4.37. The number of alkyl halides is 1. The average Bonchev–Trinajstić information content (AvgIpc) is 2.49. The lowest BCUT2D eigenvalue weighted by Gasteiger charge is -2.34. The second-order valence-corrected chi connectivity index (χ2v) is 6.39. The number of halogens is 1. The predicted molar refractivity (Wildman–Crippen MR) is 84.1 cm³/mol. The van der Waals surface area contributed by atoms with Gasteiger partial charge in [-0.1, -0.05) is 50.6 Å². The molecule has 1 heterocycles. The smallest absolute Gasteiger partial charge is 0.230 e. The van der Waals surface area contributed by atoms with Crippen molar-refractivity contribution in [3.63, 3.8) is 0 Å². The summed E-state index contributed by atoms with van der Waals surface area (Å²) in [5.74, 6) is 0.612. The Morgan fingerprint density at radius 1 is 1.30 bits per heavy atom. The zero-order chi connectivity index (χ0) is 14.5. The highest BCUT2D eigenvalue weighted by Crippen LogP contribution is 2.30. The van der Waals surface area contributed by atoms with E-state index in [-0.39, 0.29) is 17.2 Å². The van der Waals surface area contributed by atoms with Crippen LogP contribution in [0.15, 0.2) is 30.3 Å². The third kappa shape index (κ3) is 3.54. The van der Waals surface area contributed by atoms with Crippen molar-refractivity contribution in [2.45, 2.75) is 44.4 Å². The van der Waals surface area contributed by atoms with Crippen LogP contribution in [0.3, 0.4) is 0 Å². The summed E-state index contributed by atoms with van der Waals surface area (Å²) in [5, 5.41) is 0.234. The number of rotatable bonds is 4. The molecule has 0 aromatic heterocycles. The van der Waals surface area contributed by atoms with Gasteiger partial charge in [-0.15, -0.1) is 11.6 Å². The molecule has 0 spiro atoms. The first-order chi connectivity index (χ1) is 9.63. The SMILES string of the molecule is CCC(C)C(C(=O)N1CCC(Cl)CC1)c1ccccc1. The second-order valence-electron chi connectivity index (χ2n) is 5.77. The summed E-state index contributed by atoms with van der Waals surface area (Å²) in [6, 6.07) is 10.2. The Labute approximate surface area is 127 Å². The van der Waals surface area contributed by atoms with Gasteiger partial charge in [0.05, 0.1) is 5.92 Å². The first kappa shape index (κ1) is 15.4. The molecule has 0 N–H and O–H groups in total. The molecular formula is C17H24ClNO. The summed E-state index contributed by atoms with van der Waals surface area (Å²) in [6.07, 6.45) is 2.84. The van der Waals surface area contributed by atoms with Gasteiger partial charge in [-0.25, -0.2) is 0 Å². The molecule has 1 saturated heterocycles. The molecule has 1 aliphatic rings. The van der Waals surface area contributed by atoms with Crippen molar-refractivity contribution >= 4 is 17.5 Å². The van der Waals surface area contributed by atoms with E-state index in [0.29, 0.717) is 5.92 Å². The first-order valence-electron chi connectivity index (χ1n) is 7.61. The fourth-order valence-corrected chi connectivity index (χ4v) is 3.07. The molecule has 0 bridgehead atoms. The van der Waals surface area contributed by atoms with Crippen LogP contribution in [0.2, 0.25) is 0 Å². The van der Waals surface area contributed by atoms with Crippen molar-refractivity contribution in [2.24, 2.45) is 5.92 Å². The molecule has 1 aromatic rings. The van der Waals surface area contributed by atoms with Crippen LogP contribution in [0, 0.1) is 5.92 Å². The fraction of sp³-hybridized carbons (Fsp3) is 0.588. The van der Waals surface area contributed by atoms with Gasteiger partial charge in [0.2, 0.25) is 5.91 Å². The fourth-order valence-electron chi connectivity index (χ4n) is 2.88. The number of hydrogen-bond acceptors (Lipinski definition) is 1. The molecule has 0 aliphatic carbocycles. The standard InChI is InChI=1S/C17H24ClNO/c1-3-13(2)16(14-7-5-4-6-8-14)17(20)19-11-9-15(18)10-12-19/h4-8,13,15-16H,3,9-12H2,1-2H3. The molecule has 3 heteroatoms. The van der Waals surface area contributed by atoms with Gasteiger partial charge < -0.3 is 4.90 Å². The van der Waals surface area contributed by atoms with E-state index in [1.54, 1.807) is 0 Å². The van der Waals surface area contributed by atoms with E-state index < -0.39 is 0 Å². The van der Waals surface area contributed by atoms with E-state index in [1.165, 1.54) is 0 Å². The van der Waals surface area contributed by atoms with Crippen LogP contribution >= 0.6 is 11.6 Å². The Morgan fingerprint density at radius 3 is 2.45 bits per heavy atom. The molecule has 0 radical (unpaired) electrons. The molecule has 0 saturated carbocycles. The Bertz CT molecular complexity index is 426.